The van der Waals surface area contributed by atoms with Gasteiger partial charge in [0.25, 0.3) is 0 Å². The van der Waals surface area contributed by atoms with E-state index < -0.39 is 12.6 Å². The van der Waals surface area contributed by atoms with Crippen LogP contribution in [0.4, 0.5) is 18.9 Å². The summed E-state index contributed by atoms with van der Waals surface area (Å²) in [7, 11) is 1.49. The number of carbonyl (C=O) groups is 1. The first kappa shape index (κ1) is 24.3. The van der Waals surface area contributed by atoms with Crippen LogP contribution in [-0.2, 0) is 11.3 Å². The largest absolute Gasteiger partial charge is 0.495 e. The molecule has 1 rings (SSSR count). The van der Waals surface area contributed by atoms with Gasteiger partial charge in [0, 0.05) is 20.0 Å². The molecule has 0 saturated carbocycles. The van der Waals surface area contributed by atoms with Gasteiger partial charge in [0.15, 0.2) is 5.96 Å². The highest BCUT2D eigenvalue weighted by atomic mass is 127. The van der Waals surface area contributed by atoms with Crippen molar-refractivity contribution in [3.05, 3.63) is 23.8 Å². The monoisotopic (exact) mass is 488 g/mol. The third kappa shape index (κ3) is 9.68. The summed E-state index contributed by atoms with van der Waals surface area (Å²) in [5, 5.41) is 8.19. The van der Waals surface area contributed by atoms with Crippen LogP contribution in [0, 0.1) is 0 Å². The number of hydrogen-bond acceptors (Lipinski definition) is 3. The van der Waals surface area contributed by atoms with E-state index >= 15 is 0 Å². The van der Waals surface area contributed by atoms with E-state index in [-0.39, 0.29) is 43.0 Å². The van der Waals surface area contributed by atoms with Crippen molar-refractivity contribution in [2.24, 2.45) is 4.99 Å². The SMILES string of the molecule is CCNC(=NCc1ccc(OC)c(NC(C)=O)c1)NCCC(F)(F)F.I. The molecule has 0 bridgehead atoms. The topological polar surface area (TPSA) is 74.8 Å². The molecule has 0 fully saturated rings. The summed E-state index contributed by atoms with van der Waals surface area (Å²) in [6.45, 7) is 3.71. The smallest absolute Gasteiger partial charge is 0.390 e. The Morgan fingerprint density at radius 2 is 1.96 bits per heavy atom. The molecule has 0 saturated heterocycles. The summed E-state index contributed by atoms with van der Waals surface area (Å²) >= 11 is 0. The van der Waals surface area contributed by atoms with Crippen LogP contribution in [0.5, 0.6) is 5.75 Å². The maximum absolute atomic E-state index is 12.2. The lowest BCUT2D eigenvalue weighted by Crippen LogP contribution is -2.38. The molecule has 0 aliphatic heterocycles. The zero-order chi connectivity index (χ0) is 18.9. The van der Waals surface area contributed by atoms with Gasteiger partial charge in [-0.25, -0.2) is 4.99 Å². The van der Waals surface area contributed by atoms with Gasteiger partial charge in [-0.15, -0.1) is 24.0 Å². The first-order valence-corrected chi connectivity index (χ1v) is 7.78. The van der Waals surface area contributed by atoms with Gasteiger partial charge in [-0.1, -0.05) is 6.07 Å². The lowest BCUT2D eigenvalue weighted by molar-refractivity contribution is -0.132. The standard InChI is InChI=1S/C16H23F3N4O2.HI/c1-4-20-15(21-8-7-16(17,18)19)22-10-12-5-6-14(25-3)13(9-12)23-11(2)24;/h5-6,9H,4,7-8,10H2,1-3H3,(H,23,24)(H2,20,21,22);1H. The Labute approximate surface area is 168 Å². The predicted molar refractivity (Wildman–Crippen MR) is 106 cm³/mol. The second-order valence-corrected chi connectivity index (χ2v) is 5.20. The lowest BCUT2D eigenvalue weighted by atomic mass is 10.2. The normalized spacial score (nSPS) is 11.4. The number of amides is 1. The Balaban J connectivity index is 0.00000625. The average Bonchev–Trinajstić information content (AvgIpc) is 2.51. The Kier molecular flexibility index (Phi) is 11.0. The quantitative estimate of drug-likeness (QED) is 0.313. The van der Waals surface area contributed by atoms with Crippen LogP contribution in [0.2, 0.25) is 0 Å². The number of alkyl halides is 3. The molecule has 0 atom stereocenters. The van der Waals surface area contributed by atoms with Crippen molar-refractivity contribution >= 4 is 41.5 Å². The van der Waals surface area contributed by atoms with Crippen molar-refractivity contribution in [2.75, 3.05) is 25.5 Å². The highest BCUT2D eigenvalue weighted by Gasteiger charge is 2.26. The molecule has 148 valence electrons. The zero-order valence-electron chi connectivity index (χ0n) is 14.9. The number of nitrogens with one attached hydrogen (secondary N) is 3. The molecule has 10 heteroatoms. The fraction of sp³-hybridized carbons (Fsp3) is 0.500. The Bertz CT molecular complexity index is 610. The molecule has 1 amide bonds. The van der Waals surface area contributed by atoms with E-state index in [0.717, 1.165) is 5.56 Å². The first-order valence-electron chi connectivity index (χ1n) is 7.78. The molecule has 3 N–H and O–H groups in total. The van der Waals surface area contributed by atoms with Crippen molar-refractivity contribution in [1.29, 1.82) is 0 Å². The van der Waals surface area contributed by atoms with Crippen molar-refractivity contribution in [3.63, 3.8) is 0 Å². The van der Waals surface area contributed by atoms with E-state index in [1.54, 1.807) is 18.2 Å². The third-order valence-corrected chi connectivity index (χ3v) is 3.04. The van der Waals surface area contributed by atoms with E-state index in [2.05, 4.69) is 20.9 Å². The van der Waals surface area contributed by atoms with E-state index in [4.69, 9.17) is 4.74 Å². The molecule has 0 aliphatic rings. The van der Waals surface area contributed by atoms with Crippen molar-refractivity contribution < 1.29 is 22.7 Å². The van der Waals surface area contributed by atoms with Gasteiger partial charge in [0.05, 0.1) is 25.8 Å². The maximum atomic E-state index is 12.2. The highest BCUT2D eigenvalue weighted by Crippen LogP contribution is 2.25. The van der Waals surface area contributed by atoms with Gasteiger partial charge in [-0.2, -0.15) is 13.2 Å². The van der Waals surface area contributed by atoms with Crippen LogP contribution in [0.1, 0.15) is 25.8 Å². The number of benzene rings is 1. The zero-order valence-corrected chi connectivity index (χ0v) is 17.2. The number of carbonyl (C=O) groups excluding carboxylic acids is 1. The predicted octanol–water partition coefficient (Wildman–Crippen LogP) is 3.28. The van der Waals surface area contributed by atoms with Crippen molar-refractivity contribution in [1.82, 2.24) is 10.6 Å². The fourth-order valence-electron chi connectivity index (χ4n) is 1.98. The second-order valence-electron chi connectivity index (χ2n) is 5.20. The summed E-state index contributed by atoms with van der Waals surface area (Å²) in [4.78, 5) is 15.5. The Morgan fingerprint density at radius 3 is 2.50 bits per heavy atom. The number of guanidine groups is 1. The minimum Gasteiger partial charge on any atom is -0.495 e. The number of ether oxygens (including phenoxy) is 1. The van der Waals surface area contributed by atoms with E-state index in [0.29, 0.717) is 23.9 Å². The van der Waals surface area contributed by atoms with E-state index in [9.17, 15) is 18.0 Å². The van der Waals surface area contributed by atoms with Crippen LogP contribution >= 0.6 is 24.0 Å². The van der Waals surface area contributed by atoms with E-state index in [1.807, 2.05) is 6.92 Å². The number of rotatable bonds is 7. The summed E-state index contributed by atoms with van der Waals surface area (Å²) in [5.74, 6) is 0.572. The molecule has 0 aromatic heterocycles. The highest BCUT2D eigenvalue weighted by molar-refractivity contribution is 14.0. The van der Waals surface area contributed by atoms with Gasteiger partial charge < -0.3 is 20.7 Å². The molecule has 0 heterocycles. The number of methoxy groups -OCH3 is 1. The number of nitrogens with zero attached hydrogens (tertiary/aromatic N) is 1. The molecule has 0 aliphatic carbocycles. The maximum Gasteiger partial charge on any atom is 0.390 e. The number of halogens is 4. The molecule has 0 radical (unpaired) electrons. The number of anilines is 1. The van der Waals surface area contributed by atoms with Gasteiger partial charge in [0.1, 0.15) is 5.75 Å². The van der Waals surface area contributed by atoms with Crippen LogP contribution in [0.25, 0.3) is 0 Å². The molecule has 1 aromatic carbocycles. The first-order chi connectivity index (χ1) is 11.7. The second kappa shape index (κ2) is 11.8. The molecular weight excluding hydrogens is 464 g/mol. The van der Waals surface area contributed by atoms with Crippen LogP contribution in [0.15, 0.2) is 23.2 Å². The van der Waals surface area contributed by atoms with Crippen molar-refractivity contribution in [2.45, 2.75) is 33.0 Å². The summed E-state index contributed by atoms with van der Waals surface area (Å²) in [6.07, 6.45) is -5.15. The van der Waals surface area contributed by atoms with E-state index in [1.165, 1.54) is 14.0 Å². The van der Waals surface area contributed by atoms with Crippen LogP contribution in [0.3, 0.4) is 0 Å². The summed E-state index contributed by atoms with van der Waals surface area (Å²) in [5.41, 5.74) is 1.29. The van der Waals surface area contributed by atoms with Gasteiger partial charge in [-0.3, -0.25) is 4.79 Å². The summed E-state index contributed by atoms with van der Waals surface area (Å²) in [6, 6.07) is 5.18. The Morgan fingerprint density at radius 1 is 1.27 bits per heavy atom. The van der Waals surface area contributed by atoms with Crippen LogP contribution < -0.4 is 20.7 Å². The van der Waals surface area contributed by atoms with Crippen LogP contribution in [-0.4, -0.2) is 38.2 Å². The van der Waals surface area contributed by atoms with Gasteiger partial charge >= 0.3 is 6.18 Å². The number of aliphatic imine (C=N–C) groups is 1. The summed E-state index contributed by atoms with van der Waals surface area (Å²) < 4.78 is 41.8. The lowest BCUT2D eigenvalue weighted by Gasteiger charge is -2.13. The Hall–Kier alpha value is -1.72. The molecular formula is C16H24F3IN4O2. The minimum absolute atomic E-state index is 0. The third-order valence-electron chi connectivity index (χ3n) is 3.04. The average molecular weight is 488 g/mol. The van der Waals surface area contributed by atoms with Gasteiger partial charge in [0.2, 0.25) is 5.91 Å². The molecule has 6 nitrogen and oxygen atoms in total. The molecule has 0 spiro atoms. The van der Waals surface area contributed by atoms with Crippen molar-refractivity contribution in [3.8, 4) is 5.75 Å². The molecule has 26 heavy (non-hydrogen) atoms. The fourth-order valence-corrected chi connectivity index (χ4v) is 1.98. The number of hydrogen-bond donors (Lipinski definition) is 3. The molecule has 0 unspecified atom stereocenters. The molecule has 1 aromatic rings. The minimum atomic E-state index is -4.21. The van der Waals surface area contributed by atoms with Gasteiger partial charge in [-0.05, 0) is 24.6 Å².